The molecule has 1 saturated carbocycles. The monoisotopic (exact) mass is 260 g/mol. The van der Waals surface area contributed by atoms with Crippen LogP contribution in [0.5, 0.6) is 5.75 Å². The van der Waals surface area contributed by atoms with E-state index in [-0.39, 0.29) is 24.8 Å². The van der Waals surface area contributed by atoms with Gasteiger partial charge in [-0.1, -0.05) is 12.1 Å². The van der Waals surface area contributed by atoms with E-state index in [0.717, 1.165) is 12.8 Å². The average molecular weight is 260 g/mol. The molecule has 100 valence electrons. The Hall–Kier alpha value is -2.04. The summed E-state index contributed by atoms with van der Waals surface area (Å²) in [5.41, 5.74) is 0.664. The fourth-order valence-corrected chi connectivity index (χ4v) is 2.09. The summed E-state index contributed by atoms with van der Waals surface area (Å²) in [4.78, 5) is 23.8. The van der Waals surface area contributed by atoms with Crippen LogP contribution in [0.2, 0.25) is 0 Å². The van der Waals surface area contributed by atoms with Crippen molar-refractivity contribution in [3.05, 3.63) is 24.3 Å². The molecule has 0 spiro atoms. The molecule has 5 heteroatoms. The van der Waals surface area contributed by atoms with E-state index in [1.165, 1.54) is 0 Å². The molecule has 0 saturated heterocycles. The highest BCUT2D eigenvalue weighted by Crippen LogP contribution is 2.28. The first-order valence-electron chi connectivity index (χ1n) is 6.54. The maximum absolute atomic E-state index is 12.0. The molecule has 1 atom stereocenters. The number of amides is 2. The third-order valence-electron chi connectivity index (χ3n) is 3.33. The number of nitrogens with one attached hydrogen (secondary N) is 2. The number of para-hydroxylation sites is 2. The lowest BCUT2D eigenvalue weighted by molar-refractivity contribution is -0.128. The largest absolute Gasteiger partial charge is 0.491 e. The summed E-state index contributed by atoms with van der Waals surface area (Å²) < 4.78 is 5.59. The lowest BCUT2D eigenvalue weighted by atomic mass is 10.1. The topological polar surface area (TPSA) is 67.4 Å². The van der Waals surface area contributed by atoms with Gasteiger partial charge in [0.15, 0.2) is 0 Å². The van der Waals surface area contributed by atoms with Crippen LogP contribution in [0.3, 0.4) is 0 Å². The molecule has 0 radical (unpaired) electrons. The van der Waals surface area contributed by atoms with Crippen LogP contribution in [-0.2, 0) is 9.59 Å². The second-order valence-corrected chi connectivity index (χ2v) is 5.04. The summed E-state index contributed by atoms with van der Waals surface area (Å²) in [6.45, 7) is 0.237. The minimum atomic E-state index is -0.439. The fourth-order valence-electron chi connectivity index (χ4n) is 2.09. The van der Waals surface area contributed by atoms with Gasteiger partial charge in [0, 0.05) is 12.5 Å². The van der Waals surface area contributed by atoms with E-state index in [4.69, 9.17) is 4.74 Å². The zero-order chi connectivity index (χ0) is 13.2. The van der Waals surface area contributed by atoms with Crippen molar-refractivity contribution in [2.45, 2.75) is 25.3 Å². The van der Waals surface area contributed by atoms with Crippen LogP contribution in [0.4, 0.5) is 5.69 Å². The number of carbonyl (C=O) groups excluding carboxylic acids is 2. The predicted octanol–water partition coefficient (Wildman–Crippen LogP) is 1.30. The number of rotatable bonds is 3. The van der Waals surface area contributed by atoms with Crippen molar-refractivity contribution >= 4 is 17.5 Å². The predicted molar refractivity (Wildman–Crippen MR) is 69.8 cm³/mol. The van der Waals surface area contributed by atoms with E-state index in [9.17, 15) is 9.59 Å². The summed E-state index contributed by atoms with van der Waals surface area (Å²) in [6, 6.07) is 7.61. The van der Waals surface area contributed by atoms with Crippen molar-refractivity contribution in [3.8, 4) is 5.75 Å². The average Bonchev–Trinajstić information content (AvgIpc) is 3.19. The molecular formula is C14H16N2O3. The van der Waals surface area contributed by atoms with Gasteiger partial charge in [0.1, 0.15) is 12.4 Å². The number of benzene rings is 1. The van der Waals surface area contributed by atoms with E-state index in [2.05, 4.69) is 10.6 Å². The molecule has 2 amide bonds. The smallest absolute Gasteiger partial charge is 0.231 e. The van der Waals surface area contributed by atoms with Crippen LogP contribution < -0.4 is 15.4 Å². The summed E-state index contributed by atoms with van der Waals surface area (Å²) >= 11 is 0. The van der Waals surface area contributed by atoms with Crippen molar-refractivity contribution in [3.63, 3.8) is 0 Å². The number of fused-ring (bicyclic) bond motifs is 1. The van der Waals surface area contributed by atoms with Crippen LogP contribution in [-0.4, -0.2) is 24.5 Å². The molecular weight excluding hydrogens is 244 g/mol. The van der Waals surface area contributed by atoms with Gasteiger partial charge < -0.3 is 15.4 Å². The van der Waals surface area contributed by atoms with Gasteiger partial charge in [-0.15, -0.1) is 0 Å². The highest BCUT2D eigenvalue weighted by molar-refractivity contribution is 5.97. The highest BCUT2D eigenvalue weighted by atomic mass is 16.5. The van der Waals surface area contributed by atoms with Crippen LogP contribution >= 0.6 is 0 Å². The molecule has 19 heavy (non-hydrogen) atoms. The molecule has 0 bridgehead atoms. The zero-order valence-electron chi connectivity index (χ0n) is 10.5. The molecule has 1 fully saturated rings. The minimum absolute atomic E-state index is 0.0720. The molecule has 1 aliphatic heterocycles. The van der Waals surface area contributed by atoms with Crippen LogP contribution in [0.1, 0.15) is 19.3 Å². The quantitative estimate of drug-likeness (QED) is 0.861. The second kappa shape index (κ2) is 4.91. The molecule has 1 unspecified atom stereocenters. The summed E-state index contributed by atoms with van der Waals surface area (Å²) in [5, 5.41) is 5.69. The Morgan fingerprint density at radius 1 is 1.37 bits per heavy atom. The van der Waals surface area contributed by atoms with Crippen molar-refractivity contribution in [2.75, 3.05) is 11.9 Å². The van der Waals surface area contributed by atoms with Gasteiger partial charge in [0.05, 0.1) is 11.6 Å². The fraction of sp³-hybridized carbons (Fsp3) is 0.429. The molecule has 1 heterocycles. The number of hydrogen-bond acceptors (Lipinski definition) is 3. The number of ether oxygens (including phenoxy) is 1. The normalized spacial score (nSPS) is 21.7. The van der Waals surface area contributed by atoms with Gasteiger partial charge in [0.25, 0.3) is 0 Å². The van der Waals surface area contributed by atoms with Gasteiger partial charge in [-0.25, -0.2) is 0 Å². The Morgan fingerprint density at radius 3 is 2.95 bits per heavy atom. The van der Waals surface area contributed by atoms with Gasteiger partial charge in [-0.3, -0.25) is 9.59 Å². The zero-order valence-corrected chi connectivity index (χ0v) is 10.5. The molecule has 0 aromatic heterocycles. The summed E-state index contributed by atoms with van der Waals surface area (Å²) in [7, 11) is 0. The lowest BCUT2D eigenvalue weighted by Crippen LogP contribution is -2.33. The molecule has 2 N–H and O–H groups in total. The van der Waals surface area contributed by atoms with Crippen molar-refractivity contribution in [1.29, 1.82) is 0 Å². The first-order chi connectivity index (χ1) is 9.22. The Balaban J connectivity index is 1.64. The molecule has 1 aromatic carbocycles. The Bertz CT molecular complexity index is 511. The van der Waals surface area contributed by atoms with Gasteiger partial charge in [-0.05, 0) is 25.0 Å². The van der Waals surface area contributed by atoms with Gasteiger partial charge in [0.2, 0.25) is 11.8 Å². The summed E-state index contributed by atoms with van der Waals surface area (Å²) in [5.74, 6) is -0.0137. The van der Waals surface area contributed by atoms with E-state index >= 15 is 0 Å². The standard InChI is InChI=1S/C14H16N2O3/c17-13(15-10-5-6-10)7-9-8-19-12-4-2-1-3-11(12)16-14(9)18/h1-4,9-10H,5-8H2,(H,15,17)(H,16,18). The van der Waals surface area contributed by atoms with E-state index in [1.807, 2.05) is 18.2 Å². The Kier molecular flexibility index (Phi) is 3.11. The second-order valence-electron chi connectivity index (χ2n) is 5.04. The molecule has 2 aliphatic rings. The first kappa shape index (κ1) is 12.0. The van der Waals surface area contributed by atoms with Gasteiger partial charge >= 0.3 is 0 Å². The number of hydrogen-bond donors (Lipinski definition) is 2. The molecule has 3 rings (SSSR count). The van der Waals surface area contributed by atoms with E-state index in [0.29, 0.717) is 17.5 Å². The molecule has 1 aliphatic carbocycles. The lowest BCUT2D eigenvalue weighted by Gasteiger charge is -2.12. The van der Waals surface area contributed by atoms with E-state index in [1.54, 1.807) is 6.07 Å². The minimum Gasteiger partial charge on any atom is -0.491 e. The summed E-state index contributed by atoms with van der Waals surface area (Å²) in [6.07, 6.45) is 2.27. The van der Waals surface area contributed by atoms with Crippen LogP contribution in [0.25, 0.3) is 0 Å². The molecule has 5 nitrogen and oxygen atoms in total. The Morgan fingerprint density at radius 2 is 2.16 bits per heavy atom. The maximum Gasteiger partial charge on any atom is 0.231 e. The van der Waals surface area contributed by atoms with Crippen LogP contribution in [0.15, 0.2) is 24.3 Å². The van der Waals surface area contributed by atoms with Crippen molar-refractivity contribution in [2.24, 2.45) is 5.92 Å². The van der Waals surface area contributed by atoms with Crippen molar-refractivity contribution < 1.29 is 14.3 Å². The number of anilines is 1. The maximum atomic E-state index is 12.0. The first-order valence-corrected chi connectivity index (χ1v) is 6.54. The van der Waals surface area contributed by atoms with Gasteiger partial charge in [-0.2, -0.15) is 0 Å². The van der Waals surface area contributed by atoms with E-state index < -0.39 is 5.92 Å². The number of carbonyl (C=O) groups is 2. The SMILES string of the molecule is O=C(CC1COc2ccccc2NC1=O)NC1CC1. The Labute approximate surface area is 111 Å². The third-order valence-corrected chi connectivity index (χ3v) is 3.33. The van der Waals surface area contributed by atoms with Crippen LogP contribution in [0, 0.1) is 5.92 Å². The molecule has 1 aromatic rings. The highest BCUT2D eigenvalue weighted by Gasteiger charge is 2.29. The third kappa shape index (κ3) is 2.86. The van der Waals surface area contributed by atoms with Crippen molar-refractivity contribution in [1.82, 2.24) is 5.32 Å².